The van der Waals surface area contributed by atoms with Crippen LogP contribution in [0, 0.1) is 0 Å². The molecule has 1 aliphatic rings. The van der Waals surface area contributed by atoms with E-state index in [4.69, 9.17) is 11.5 Å². The number of carboxylic acids is 1. The van der Waals surface area contributed by atoms with E-state index in [1.54, 1.807) is 18.2 Å². The van der Waals surface area contributed by atoms with Gasteiger partial charge in [-0.1, -0.05) is 30.3 Å². The third-order valence-electron chi connectivity index (χ3n) is 5.99. The zero-order valence-electron chi connectivity index (χ0n) is 23.0. The molecule has 18 heteroatoms. The lowest BCUT2D eigenvalue weighted by atomic mass is 10.0. The first-order chi connectivity index (χ1) is 20.4. The number of nitrogens with one attached hydrogen (secondary N) is 6. The number of carbonyl (C=O) groups excluding carboxylic acids is 6. The fourth-order valence-corrected chi connectivity index (χ4v) is 4.09. The predicted molar refractivity (Wildman–Crippen MR) is 155 cm³/mol. The Hall–Kier alpha value is -4.87. The van der Waals surface area contributed by atoms with Crippen molar-refractivity contribution >= 4 is 60.0 Å². The zero-order chi connectivity index (χ0) is 31.9. The lowest BCUT2D eigenvalue weighted by molar-refractivity contribution is -0.144. The van der Waals surface area contributed by atoms with Crippen molar-refractivity contribution in [3.63, 3.8) is 0 Å². The van der Waals surface area contributed by atoms with Crippen molar-refractivity contribution in [1.82, 2.24) is 31.9 Å². The SMILES string of the molecule is NC(N)=NCCC[C@@H]1NC(=O)CNC(=O)C[C@@H](C(=O)O)NC(=O)C(c2ccccc2)NC(=O)[C@H](CS)NC(=O)CNC1=O. The molecule has 1 saturated heterocycles. The minimum Gasteiger partial charge on any atom is -0.480 e. The number of aliphatic carboxylic acids is 1. The van der Waals surface area contributed by atoms with Crippen molar-refractivity contribution in [1.29, 1.82) is 0 Å². The van der Waals surface area contributed by atoms with Crippen molar-refractivity contribution < 1.29 is 38.7 Å². The molecule has 0 saturated carbocycles. The largest absolute Gasteiger partial charge is 0.480 e. The Morgan fingerprint density at radius 1 is 0.837 bits per heavy atom. The van der Waals surface area contributed by atoms with Crippen LogP contribution in [0.4, 0.5) is 0 Å². The highest BCUT2D eigenvalue weighted by Crippen LogP contribution is 2.14. The second-order valence-corrected chi connectivity index (χ2v) is 9.69. The van der Waals surface area contributed by atoms with Gasteiger partial charge < -0.3 is 48.5 Å². The second kappa shape index (κ2) is 17.2. The maximum atomic E-state index is 13.2. The highest BCUT2D eigenvalue weighted by molar-refractivity contribution is 7.80. The Balaban J connectivity index is 2.34. The van der Waals surface area contributed by atoms with Crippen molar-refractivity contribution in [2.45, 2.75) is 43.4 Å². The summed E-state index contributed by atoms with van der Waals surface area (Å²) in [5, 5.41) is 23.8. The molecule has 1 unspecified atom stereocenters. The average Bonchev–Trinajstić information content (AvgIpc) is 2.97. The Kier molecular flexibility index (Phi) is 13.7. The highest BCUT2D eigenvalue weighted by Gasteiger charge is 2.32. The van der Waals surface area contributed by atoms with Crippen LogP contribution in [0.3, 0.4) is 0 Å². The Bertz CT molecular complexity index is 1230. The third kappa shape index (κ3) is 11.9. The van der Waals surface area contributed by atoms with Crippen molar-refractivity contribution in [3.8, 4) is 0 Å². The number of aliphatic imine (C=N–C) groups is 1. The van der Waals surface area contributed by atoms with Gasteiger partial charge in [-0.15, -0.1) is 0 Å². The van der Waals surface area contributed by atoms with Crippen LogP contribution < -0.4 is 43.4 Å². The number of thiol groups is 1. The van der Waals surface area contributed by atoms with Crippen LogP contribution in [0.5, 0.6) is 0 Å². The van der Waals surface area contributed by atoms with Crippen molar-refractivity contribution in [3.05, 3.63) is 35.9 Å². The summed E-state index contributed by atoms with van der Waals surface area (Å²) in [6.45, 7) is -1.05. The van der Waals surface area contributed by atoms with Gasteiger partial charge in [-0.3, -0.25) is 33.8 Å². The number of rotatable bonds is 7. The molecule has 43 heavy (non-hydrogen) atoms. The third-order valence-corrected chi connectivity index (χ3v) is 6.35. The number of benzene rings is 1. The minimum absolute atomic E-state index is 0.0551. The standard InChI is InChI=1S/C25H35N9O8S/c26-25(27)28-8-4-7-14-21(38)30-11-19(37)32-16(12-43)22(39)34-20(13-5-2-1-3-6-13)23(40)33-15(24(41)42)9-17(35)29-10-18(36)31-14/h1-3,5-6,14-16,20,43H,4,7-12H2,(H,29,35)(H,30,38)(H,31,36)(H,32,37)(H,33,40)(H,34,39)(H,41,42)(H4,26,27,28)/t14-,15-,16-,20?/m0/s1. The molecule has 0 bridgehead atoms. The summed E-state index contributed by atoms with van der Waals surface area (Å²) in [4.78, 5) is 92.4. The normalized spacial score (nSPS) is 23.0. The fourth-order valence-electron chi connectivity index (χ4n) is 3.83. The highest BCUT2D eigenvalue weighted by atomic mass is 32.1. The van der Waals surface area contributed by atoms with Gasteiger partial charge in [0.15, 0.2) is 5.96 Å². The summed E-state index contributed by atoms with van der Waals surface area (Å²) in [6, 6.07) is 2.31. The summed E-state index contributed by atoms with van der Waals surface area (Å²) < 4.78 is 0. The quantitative estimate of drug-likeness (QED) is 0.0610. The molecule has 1 aromatic carbocycles. The fraction of sp³-hybridized carbons (Fsp3) is 0.440. The molecule has 1 aromatic rings. The van der Waals surface area contributed by atoms with Crippen LogP contribution in [-0.2, 0) is 33.6 Å². The summed E-state index contributed by atoms with van der Waals surface area (Å²) in [5.41, 5.74) is 10.9. The number of carboxylic acid groups (broad SMARTS) is 1. The van der Waals surface area contributed by atoms with Crippen molar-refractivity contribution in [2.24, 2.45) is 16.5 Å². The number of nitrogens with two attached hydrogens (primary N) is 2. The first-order valence-electron chi connectivity index (χ1n) is 13.1. The molecule has 11 N–H and O–H groups in total. The minimum atomic E-state index is -1.73. The zero-order valence-corrected chi connectivity index (χ0v) is 23.9. The summed E-state index contributed by atoms with van der Waals surface area (Å²) in [5.74, 6) is -6.88. The first kappa shape index (κ1) is 34.3. The van der Waals surface area contributed by atoms with Gasteiger partial charge in [0.1, 0.15) is 24.2 Å². The smallest absolute Gasteiger partial charge is 0.326 e. The molecule has 0 radical (unpaired) electrons. The van der Waals surface area contributed by atoms with E-state index in [2.05, 4.69) is 49.5 Å². The Morgan fingerprint density at radius 2 is 1.47 bits per heavy atom. The van der Waals surface area contributed by atoms with E-state index < -0.39 is 85.1 Å². The van der Waals surface area contributed by atoms with Gasteiger partial charge in [-0.25, -0.2) is 4.79 Å². The van der Waals surface area contributed by atoms with Gasteiger partial charge in [0.05, 0.1) is 19.5 Å². The summed E-state index contributed by atoms with van der Waals surface area (Å²) in [6.07, 6.45) is -0.430. The molecular weight excluding hydrogens is 586 g/mol. The van der Waals surface area contributed by atoms with Crippen LogP contribution in [0.2, 0.25) is 0 Å². The van der Waals surface area contributed by atoms with Gasteiger partial charge in [-0.05, 0) is 18.4 Å². The Labute approximate surface area is 251 Å². The van der Waals surface area contributed by atoms with Crippen LogP contribution in [0.1, 0.15) is 30.9 Å². The van der Waals surface area contributed by atoms with Gasteiger partial charge in [0, 0.05) is 12.3 Å². The molecule has 234 valence electrons. The van der Waals surface area contributed by atoms with Gasteiger partial charge in [-0.2, -0.15) is 12.6 Å². The monoisotopic (exact) mass is 621 g/mol. The van der Waals surface area contributed by atoms with Crippen LogP contribution >= 0.6 is 12.6 Å². The molecule has 2 rings (SSSR count). The molecule has 0 aromatic heterocycles. The van der Waals surface area contributed by atoms with E-state index in [1.165, 1.54) is 12.1 Å². The molecule has 1 heterocycles. The Morgan fingerprint density at radius 3 is 2.07 bits per heavy atom. The second-order valence-electron chi connectivity index (χ2n) is 9.32. The predicted octanol–water partition coefficient (Wildman–Crippen LogP) is -4.00. The molecular formula is C25H35N9O8S. The number of hydrogen-bond acceptors (Lipinski definition) is 9. The molecule has 1 fully saturated rings. The van der Waals surface area contributed by atoms with E-state index in [9.17, 15) is 38.7 Å². The van der Waals surface area contributed by atoms with Gasteiger partial charge in [0.2, 0.25) is 35.4 Å². The van der Waals surface area contributed by atoms with Crippen LogP contribution in [0.25, 0.3) is 0 Å². The topological polar surface area (TPSA) is 276 Å². The van der Waals surface area contributed by atoms with Crippen LogP contribution in [-0.4, -0.2) is 96.0 Å². The van der Waals surface area contributed by atoms with E-state index >= 15 is 0 Å². The maximum Gasteiger partial charge on any atom is 0.326 e. The van der Waals surface area contributed by atoms with Gasteiger partial charge in [0.25, 0.3) is 0 Å². The van der Waals surface area contributed by atoms with Crippen LogP contribution in [0.15, 0.2) is 35.3 Å². The van der Waals surface area contributed by atoms with E-state index in [1.807, 2.05) is 0 Å². The van der Waals surface area contributed by atoms with E-state index in [-0.39, 0.29) is 36.7 Å². The molecule has 0 aliphatic carbocycles. The number of hydrogen-bond donors (Lipinski definition) is 10. The number of amides is 6. The lowest BCUT2D eigenvalue weighted by Crippen LogP contribution is -2.54. The average molecular weight is 622 g/mol. The summed E-state index contributed by atoms with van der Waals surface area (Å²) in [7, 11) is 0. The molecule has 17 nitrogen and oxygen atoms in total. The molecule has 4 atom stereocenters. The van der Waals surface area contributed by atoms with Crippen molar-refractivity contribution in [2.75, 3.05) is 25.4 Å². The molecule has 0 spiro atoms. The first-order valence-corrected chi connectivity index (χ1v) is 13.7. The maximum absolute atomic E-state index is 13.2. The number of carbonyl (C=O) groups is 7. The summed E-state index contributed by atoms with van der Waals surface area (Å²) >= 11 is 4.10. The molecule has 1 aliphatic heterocycles. The number of nitrogens with zero attached hydrogens (tertiary/aromatic N) is 1. The van der Waals surface area contributed by atoms with E-state index in [0.29, 0.717) is 0 Å². The van der Waals surface area contributed by atoms with E-state index in [0.717, 1.165) is 0 Å². The number of guanidine groups is 1. The van der Waals surface area contributed by atoms with Gasteiger partial charge >= 0.3 is 5.97 Å². The lowest BCUT2D eigenvalue weighted by Gasteiger charge is -2.24. The molecule has 6 amide bonds.